The Morgan fingerprint density at radius 1 is 1.18 bits per heavy atom. The maximum atomic E-state index is 5.76. The maximum absolute atomic E-state index is 5.76. The summed E-state index contributed by atoms with van der Waals surface area (Å²) in [6.07, 6.45) is 1.02. The number of aliphatic imine (C=N–C) groups is 1. The van der Waals surface area contributed by atoms with E-state index in [0.717, 1.165) is 42.3 Å². The topological polar surface area (TPSA) is 74.9 Å². The Morgan fingerprint density at radius 3 is 2.50 bits per heavy atom. The normalized spacial score (nSPS) is 11.9. The fourth-order valence-electron chi connectivity index (χ4n) is 2.54. The van der Waals surface area contributed by atoms with Crippen LogP contribution in [-0.4, -0.2) is 50.3 Å². The number of nitrogens with one attached hydrogen (secondary N) is 2. The number of aromatic nitrogens is 1. The lowest BCUT2D eigenvalue weighted by atomic mass is 10.1. The van der Waals surface area contributed by atoms with Crippen molar-refractivity contribution < 1.29 is 9.26 Å². The van der Waals surface area contributed by atoms with Gasteiger partial charge in [-0.1, -0.05) is 31.1 Å². The number of rotatable bonds is 10. The molecule has 2 aromatic rings. The van der Waals surface area contributed by atoms with E-state index in [-0.39, 0.29) is 0 Å². The Balaban J connectivity index is 1.73. The monoisotopic (exact) mass is 387 g/mol. The van der Waals surface area contributed by atoms with Crippen molar-refractivity contribution in [2.75, 3.05) is 34.3 Å². The van der Waals surface area contributed by atoms with Crippen LogP contribution in [-0.2, 0) is 13.1 Å². The molecule has 0 radical (unpaired) electrons. The predicted octanol–water partition coefficient (Wildman–Crippen LogP) is 2.99. The lowest BCUT2D eigenvalue weighted by molar-refractivity contribution is 0.281. The zero-order valence-electron chi connectivity index (χ0n) is 17.7. The Labute approximate surface area is 168 Å². The van der Waals surface area contributed by atoms with Crippen molar-refractivity contribution in [1.82, 2.24) is 20.7 Å². The lowest BCUT2D eigenvalue weighted by Gasteiger charge is -2.12. The number of ether oxygens (including phenoxy) is 1. The molecule has 0 atom stereocenters. The molecule has 7 heteroatoms. The van der Waals surface area contributed by atoms with Gasteiger partial charge < -0.3 is 24.8 Å². The molecule has 1 heterocycles. The molecule has 0 aliphatic rings. The zero-order valence-corrected chi connectivity index (χ0v) is 17.7. The van der Waals surface area contributed by atoms with Crippen LogP contribution in [0.1, 0.15) is 43.2 Å². The summed E-state index contributed by atoms with van der Waals surface area (Å²) in [6, 6.07) is 10.1. The van der Waals surface area contributed by atoms with Crippen LogP contribution in [0.25, 0.3) is 0 Å². The number of hydrogen-bond acceptors (Lipinski definition) is 5. The summed E-state index contributed by atoms with van der Waals surface area (Å²) in [6.45, 7) is 7.16. The average Bonchev–Trinajstić information content (AvgIpc) is 3.15. The van der Waals surface area contributed by atoms with Gasteiger partial charge in [0.15, 0.2) is 11.7 Å². The highest BCUT2D eigenvalue weighted by atomic mass is 16.5. The van der Waals surface area contributed by atoms with Crippen LogP contribution in [0.15, 0.2) is 39.8 Å². The van der Waals surface area contributed by atoms with Crippen molar-refractivity contribution in [3.8, 4) is 5.75 Å². The maximum Gasteiger partial charge on any atom is 0.191 e. The summed E-state index contributed by atoms with van der Waals surface area (Å²) in [5.74, 6) is 2.76. The van der Waals surface area contributed by atoms with Gasteiger partial charge in [0, 0.05) is 26.2 Å². The van der Waals surface area contributed by atoms with Crippen molar-refractivity contribution in [2.45, 2.75) is 39.3 Å². The van der Waals surface area contributed by atoms with Gasteiger partial charge in [-0.25, -0.2) is 0 Å². The molecule has 0 unspecified atom stereocenters. The number of benzene rings is 1. The van der Waals surface area contributed by atoms with Crippen LogP contribution in [0.5, 0.6) is 5.75 Å². The van der Waals surface area contributed by atoms with Gasteiger partial charge >= 0.3 is 0 Å². The first-order valence-corrected chi connectivity index (χ1v) is 9.74. The third kappa shape index (κ3) is 7.60. The largest absolute Gasteiger partial charge is 0.494 e. The first-order valence-electron chi connectivity index (χ1n) is 9.74. The molecule has 28 heavy (non-hydrogen) atoms. The van der Waals surface area contributed by atoms with Gasteiger partial charge in [0.25, 0.3) is 0 Å². The first-order chi connectivity index (χ1) is 13.5. The molecule has 0 saturated heterocycles. The number of hydrogen-bond donors (Lipinski definition) is 2. The fourth-order valence-corrected chi connectivity index (χ4v) is 2.54. The van der Waals surface area contributed by atoms with Crippen molar-refractivity contribution in [3.63, 3.8) is 0 Å². The average molecular weight is 388 g/mol. The van der Waals surface area contributed by atoms with Gasteiger partial charge in [0.1, 0.15) is 5.75 Å². The van der Waals surface area contributed by atoms with E-state index in [1.54, 1.807) is 7.05 Å². The Bertz CT molecular complexity index is 723. The highest BCUT2D eigenvalue weighted by Crippen LogP contribution is 2.14. The molecule has 154 valence electrons. The van der Waals surface area contributed by atoms with E-state index in [1.165, 1.54) is 0 Å². The van der Waals surface area contributed by atoms with Crippen LogP contribution in [0.4, 0.5) is 0 Å². The van der Waals surface area contributed by atoms with Gasteiger partial charge in [-0.05, 0) is 44.1 Å². The SMILES string of the molecule is CN=C(NCc1ccc(OCCCN(C)C)cc1)NCc1cc(C(C)C)no1. The molecule has 2 rings (SSSR count). The van der Waals surface area contributed by atoms with Gasteiger partial charge in [-0.2, -0.15) is 0 Å². The van der Waals surface area contributed by atoms with Crippen molar-refractivity contribution in [1.29, 1.82) is 0 Å². The molecular formula is C21H33N5O2. The second-order valence-corrected chi connectivity index (χ2v) is 7.30. The van der Waals surface area contributed by atoms with Crippen molar-refractivity contribution in [2.24, 2.45) is 4.99 Å². The van der Waals surface area contributed by atoms with Crippen molar-refractivity contribution in [3.05, 3.63) is 47.3 Å². The van der Waals surface area contributed by atoms with Crippen LogP contribution >= 0.6 is 0 Å². The summed E-state index contributed by atoms with van der Waals surface area (Å²) in [5, 5.41) is 10.6. The van der Waals surface area contributed by atoms with E-state index in [1.807, 2.05) is 18.2 Å². The van der Waals surface area contributed by atoms with E-state index in [2.05, 4.69) is 65.8 Å². The Kier molecular flexibility index (Phi) is 8.81. The van der Waals surface area contributed by atoms with Crippen LogP contribution < -0.4 is 15.4 Å². The minimum Gasteiger partial charge on any atom is -0.494 e. The summed E-state index contributed by atoms with van der Waals surface area (Å²) < 4.78 is 11.1. The molecule has 0 saturated carbocycles. The van der Waals surface area contributed by atoms with Gasteiger partial charge in [-0.3, -0.25) is 4.99 Å². The lowest BCUT2D eigenvalue weighted by Crippen LogP contribution is -2.36. The predicted molar refractivity (Wildman–Crippen MR) is 113 cm³/mol. The van der Waals surface area contributed by atoms with Crippen LogP contribution in [0.3, 0.4) is 0 Å². The highest BCUT2D eigenvalue weighted by Gasteiger charge is 2.08. The van der Waals surface area contributed by atoms with E-state index in [4.69, 9.17) is 9.26 Å². The Hall–Kier alpha value is -2.54. The standard InChI is InChI=1S/C21H33N5O2/c1-16(2)20-13-19(28-25-20)15-24-21(22-3)23-14-17-7-9-18(10-8-17)27-12-6-11-26(4)5/h7-10,13,16H,6,11-12,14-15H2,1-5H3,(H2,22,23,24). The third-order valence-corrected chi connectivity index (χ3v) is 4.22. The quantitative estimate of drug-likeness (QED) is 0.371. The second kappa shape index (κ2) is 11.3. The first kappa shape index (κ1) is 21.8. The molecule has 1 aromatic heterocycles. The summed E-state index contributed by atoms with van der Waals surface area (Å²) in [5.41, 5.74) is 2.12. The van der Waals surface area contributed by atoms with E-state index in [9.17, 15) is 0 Å². The van der Waals surface area contributed by atoms with Gasteiger partial charge in [0.2, 0.25) is 0 Å². The van der Waals surface area contributed by atoms with E-state index in [0.29, 0.717) is 25.0 Å². The Morgan fingerprint density at radius 2 is 1.89 bits per heavy atom. The van der Waals surface area contributed by atoms with E-state index >= 15 is 0 Å². The van der Waals surface area contributed by atoms with Gasteiger partial charge in [0.05, 0.1) is 18.8 Å². The van der Waals surface area contributed by atoms with Gasteiger partial charge in [-0.15, -0.1) is 0 Å². The smallest absolute Gasteiger partial charge is 0.191 e. The molecular weight excluding hydrogens is 354 g/mol. The molecule has 1 aromatic carbocycles. The summed E-state index contributed by atoms with van der Waals surface area (Å²) in [4.78, 5) is 6.40. The third-order valence-electron chi connectivity index (χ3n) is 4.22. The second-order valence-electron chi connectivity index (χ2n) is 7.30. The zero-order chi connectivity index (χ0) is 20.4. The molecule has 7 nitrogen and oxygen atoms in total. The molecule has 0 spiro atoms. The summed E-state index contributed by atoms with van der Waals surface area (Å²) >= 11 is 0. The van der Waals surface area contributed by atoms with E-state index < -0.39 is 0 Å². The molecule has 0 amide bonds. The fraction of sp³-hybridized carbons (Fsp3) is 0.524. The molecule has 0 aliphatic heterocycles. The highest BCUT2D eigenvalue weighted by molar-refractivity contribution is 5.79. The minimum absolute atomic E-state index is 0.356. The van der Waals surface area contributed by atoms with Crippen LogP contribution in [0.2, 0.25) is 0 Å². The summed E-state index contributed by atoms with van der Waals surface area (Å²) in [7, 11) is 5.89. The molecule has 2 N–H and O–H groups in total. The molecule has 0 fully saturated rings. The molecule has 0 bridgehead atoms. The van der Waals surface area contributed by atoms with Crippen LogP contribution in [0, 0.1) is 0 Å². The molecule has 0 aliphatic carbocycles. The minimum atomic E-state index is 0.356. The number of guanidine groups is 1. The number of nitrogens with zero attached hydrogens (tertiary/aromatic N) is 3. The van der Waals surface area contributed by atoms with Crippen molar-refractivity contribution >= 4 is 5.96 Å².